The smallest absolute Gasteiger partial charge is 0.303 e. The molecule has 54 valence electrons. The minimum Gasteiger partial charge on any atom is -0.481 e. The van der Waals surface area contributed by atoms with Gasteiger partial charge < -0.3 is 10.8 Å². The summed E-state index contributed by atoms with van der Waals surface area (Å²) >= 11 is 0. The molecule has 0 aromatic rings. The van der Waals surface area contributed by atoms with E-state index in [1.165, 1.54) is 0 Å². The summed E-state index contributed by atoms with van der Waals surface area (Å²) in [6, 6.07) is 0. The molecule has 3 heteroatoms. The van der Waals surface area contributed by atoms with Gasteiger partial charge in [0.15, 0.2) is 0 Å². The molecule has 0 amide bonds. The van der Waals surface area contributed by atoms with Crippen LogP contribution in [-0.2, 0) is 4.79 Å². The number of carboxylic acids is 1. The number of hydrogen-bond acceptors (Lipinski definition) is 1. The molecule has 0 bridgehead atoms. The second-order valence-electron chi connectivity index (χ2n) is 3.06. The van der Waals surface area contributed by atoms with Crippen molar-refractivity contribution in [2.75, 3.05) is 0 Å². The van der Waals surface area contributed by atoms with Crippen molar-refractivity contribution in [3.63, 3.8) is 0 Å². The van der Waals surface area contributed by atoms with Gasteiger partial charge in [0, 0.05) is 6.42 Å². The van der Waals surface area contributed by atoms with E-state index in [9.17, 15) is 4.79 Å². The lowest BCUT2D eigenvalue weighted by atomic mass is 10.0. The summed E-state index contributed by atoms with van der Waals surface area (Å²) in [5.74, 6) is -0.744. The lowest BCUT2D eigenvalue weighted by Gasteiger charge is -2.11. The second-order valence-corrected chi connectivity index (χ2v) is 3.06. The molecule has 0 radical (unpaired) electrons. The van der Waals surface area contributed by atoms with Gasteiger partial charge >= 0.3 is 5.97 Å². The van der Waals surface area contributed by atoms with E-state index in [-0.39, 0.29) is 12.0 Å². The zero-order valence-corrected chi connectivity index (χ0v) is 5.98. The van der Waals surface area contributed by atoms with Crippen molar-refractivity contribution in [1.29, 1.82) is 0 Å². The third-order valence-corrected chi connectivity index (χ3v) is 1.02. The SMILES string of the molecule is CC(C)([NH3+])CCC(=O)O. The predicted octanol–water partition coefficient (Wildman–Crippen LogP) is -0.128. The lowest BCUT2D eigenvalue weighted by molar-refractivity contribution is -0.466. The van der Waals surface area contributed by atoms with Gasteiger partial charge in [-0.3, -0.25) is 4.79 Å². The number of hydrogen-bond donors (Lipinski definition) is 2. The molecule has 0 unspecified atom stereocenters. The van der Waals surface area contributed by atoms with Crippen molar-refractivity contribution >= 4 is 5.97 Å². The molecule has 0 heterocycles. The largest absolute Gasteiger partial charge is 0.481 e. The maximum Gasteiger partial charge on any atom is 0.303 e. The number of carboxylic acid groups (broad SMARTS) is 1. The highest BCUT2D eigenvalue weighted by molar-refractivity contribution is 5.66. The third kappa shape index (κ3) is 7.43. The quantitative estimate of drug-likeness (QED) is 0.562. The number of rotatable bonds is 3. The highest BCUT2D eigenvalue weighted by Gasteiger charge is 2.15. The zero-order chi connectivity index (χ0) is 7.49. The van der Waals surface area contributed by atoms with Crippen LogP contribution >= 0.6 is 0 Å². The molecule has 0 rings (SSSR count). The molecule has 0 saturated heterocycles. The Kier molecular flexibility index (Phi) is 2.65. The Morgan fingerprint density at radius 2 is 2.11 bits per heavy atom. The van der Waals surface area contributed by atoms with Crippen LogP contribution in [0.4, 0.5) is 0 Å². The number of carbonyl (C=O) groups is 1. The average Bonchev–Trinajstić information content (AvgIpc) is 1.59. The van der Waals surface area contributed by atoms with Crippen LogP contribution in [0.3, 0.4) is 0 Å². The summed E-state index contributed by atoms with van der Waals surface area (Å²) in [6.07, 6.45) is 0.860. The Hall–Kier alpha value is -0.570. The first-order valence-corrected chi connectivity index (χ1v) is 2.99. The Bertz CT molecular complexity index is 104. The zero-order valence-electron chi connectivity index (χ0n) is 5.98. The van der Waals surface area contributed by atoms with Gasteiger partial charge in [0.1, 0.15) is 0 Å². The monoisotopic (exact) mass is 132 g/mol. The van der Waals surface area contributed by atoms with Gasteiger partial charge in [0.25, 0.3) is 0 Å². The summed E-state index contributed by atoms with van der Waals surface area (Å²) < 4.78 is 0. The molecule has 0 saturated carbocycles. The topological polar surface area (TPSA) is 64.9 Å². The molecule has 0 atom stereocenters. The number of quaternary nitrogens is 1. The van der Waals surface area contributed by atoms with Gasteiger partial charge in [0.2, 0.25) is 0 Å². The first-order valence-electron chi connectivity index (χ1n) is 2.99. The molecule has 0 aliphatic heterocycles. The van der Waals surface area contributed by atoms with Crippen molar-refractivity contribution in [2.45, 2.75) is 32.2 Å². The van der Waals surface area contributed by atoms with Crippen molar-refractivity contribution in [2.24, 2.45) is 0 Å². The fraction of sp³-hybridized carbons (Fsp3) is 0.833. The molecule has 9 heavy (non-hydrogen) atoms. The first kappa shape index (κ1) is 8.43. The van der Waals surface area contributed by atoms with E-state index in [4.69, 9.17) is 5.11 Å². The van der Waals surface area contributed by atoms with E-state index in [1.807, 2.05) is 13.8 Å². The summed E-state index contributed by atoms with van der Waals surface area (Å²) in [5.41, 5.74) is 3.68. The molecule has 0 fully saturated rings. The highest BCUT2D eigenvalue weighted by Crippen LogP contribution is 2.03. The second kappa shape index (κ2) is 2.82. The maximum atomic E-state index is 10.0. The van der Waals surface area contributed by atoms with Crippen LogP contribution in [0.5, 0.6) is 0 Å². The molecular formula is C6H14NO2+. The minimum absolute atomic E-state index is 0.0988. The van der Waals surface area contributed by atoms with Gasteiger partial charge in [-0.05, 0) is 13.8 Å². The third-order valence-electron chi connectivity index (χ3n) is 1.02. The molecular weight excluding hydrogens is 118 g/mol. The molecule has 3 nitrogen and oxygen atoms in total. The van der Waals surface area contributed by atoms with E-state index in [0.29, 0.717) is 6.42 Å². The van der Waals surface area contributed by atoms with Crippen molar-refractivity contribution in [1.82, 2.24) is 0 Å². The van der Waals surface area contributed by atoms with Crippen molar-refractivity contribution < 1.29 is 15.6 Å². The standard InChI is InChI=1S/C6H13NO2/c1-6(2,7)4-3-5(8)9/h3-4,7H2,1-2H3,(H,8,9)/p+1. The Morgan fingerprint density at radius 3 is 2.22 bits per heavy atom. The van der Waals surface area contributed by atoms with Crippen molar-refractivity contribution in [3.8, 4) is 0 Å². The van der Waals surface area contributed by atoms with Gasteiger partial charge in [-0.2, -0.15) is 0 Å². The fourth-order valence-corrected chi connectivity index (χ4v) is 0.445. The van der Waals surface area contributed by atoms with Crippen LogP contribution in [0.25, 0.3) is 0 Å². The lowest BCUT2D eigenvalue weighted by Crippen LogP contribution is -2.69. The summed E-state index contributed by atoms with van der Waals surface area (Å²) in [5, 5.41) is 8.25. The van der Waals surface area contributed by atoms with Gasteiger partial charge in [-0.1, -0.05) is 0 Å². The predicted molar refractivity (Wildman–Crippen MR) is 33.8 cm³/mol. The van der Waals surface area contributed by atoms with Crippen LogP contribution in [0.2, 0.25) is 0 Å². The van der Waals surface area contributed by atoms with Crippen LogP contribution in [0.15, 0.2) is 0 Å². The van der Waals surface area contributed by atoms with E-state index >= 15 is 0 Å². The van der Waals surface area contributed by atoms with E-state index in [1.54, 1.807) is 0 Å². The minimum atomic E-state index is -0.744. The Labute approximate surface area is 54.9 Å². The van der Waals surface area contributed by atoms with E-state index in [2.05, 4.69) is 5.73 Å². The van der Waals surface area contributed by atoms with E-state index < -0.39 is 5.97 Å². The number of aliphatic carboxylic acids is 1. The van der Waals surface area contributed by atoms with Crippen LogP contribution in [0, 0.1) is 0 Å². The summed E-state index contributed by atoms with van der Waals surface area (Å²) in [4.78, 5) is 10.0. The highest BCUT2D eigenvalue weighted by atomic mass is 16.4. The normalized spacial score (nSPS) is 11.4. The summed E-state index contributed by atoms with van der Waals surface area (Å²) in [6.45, 7) is 3.85. The molecule has 0 aromatic heterocycles. The van der Waals surface area contributed by atoms with Crippen LogP contribution in [0.1, 0.15) is 26.7 Å². The molecule has 0 aliphatic carbocycles. The molecule has 4 N–H and O–H groups in total. The van der Waals surface area contributed by atoms with Crippen LogP contribution in [-0.4, -0.2) is 16.6 Å². The van der Waals surface area contributed by atoms with Gasteiger partial charge in [-0.15, -0.1) is 0 Å². The Balaban J connectivity index is 3.39. The molecule has 0 aliphatic rings. The van der Waals surface area contributed by atoms with Gasteiger partial charge in [0.05, 0.1) is 12.0 Å². The van der Waals surface area contributed by atoms with Gasteiger partial charge in [-0.25, -0.2) is 0 Å². The summed E-state index contributed by atoms with van der Waals surface area (Å²) in [7, 11) is 0. The Morgan fingerprint density at radius 1 is 1.67 bits per heavy atom. The molecule has 0 spiro atoms. The molecule has 0 aromatic carbocycles. The van der Waals surface area contributed by atoms with Crippen molar-refractivity contribution in [3.05, 3.63) is 0 Å². The average molecular weight is 132 g/mol. The van der Waals surface area contributed by atoms with E-state index in [0.717, 1.165) is 0 Å². The maximum absolute atomic E-state index is 10.0. The van der Waals surface area contributed by atoms with Crippen LogP contribution < -0.4 is 5.73 Å². The fourth-order valence-electron chi connectivity index (χ4n) is 0.445. The first-order chi connectivity index (χ1) is 3.92.